The van der Waals surface area contributed by atoms with Crippen LogP contribution >= 0.6 is 15.9 Å². The second-order valence-electron chi connectivity index (χ2n) is 4.29. The topological polar surface area (TPSA) is 114 Å². The highest BCUT2D eigenvalue weighted by molar-refractivity contribution is 9.10. The number of nitrogen functional groups attached to an aromatic ring is 1. The molecule has 2 aromatic heterocycles. The van der Waals surface area contributed by atoms with Gasteiger partial charge in [0.05, 0.1) is 12.4 Å². The molecule has 7 nitrogen and oxygen atoms in total. The van der Waals surface area contributed by atoms with E-state index in [1.165, 1.54) is 18.6 Å². The van der Waals surface area contributed by atoms with Crippen molar-refractivity contribution in [2.75, 3.05) is 10.5 Å². The maximum atomic E-state index is 12.4. The minimum Gasteiger partial charge on any atom is -0.399 e. The van der Waals surface area contributed by atoms with E-state index in [0.29, 0.717) is 21.2 Å². The van der Waals surface area contributed by atoms with Crippen LogP contribution in [0.2, 0.25) is 0 Å². The van der Waals surface area contributed by atoms with Crippen LogP contribution in [0, 0.1) is 0 Å². The van der Waals surface area contributed by atoms with Crippen LogP contribution in [0.15, 0.2) is 46.3 Å². The number of sulfonamides is 1. The van der Waals surface area contributed by atoms with Gasteiger partial charge in [0.1, 0.15) is 9.50 Å². The number of benzene rings is 1. The van der Waals surface area contributed by atoms with Crippen molar-refractivity contribution in [1.29, 1.82) is 0 Å². The Morgan fingerprint density at radius 3 is 2.76 bits per heavy atom. The van der Waals surface area contributed by atoms with Gasteiger partial charge in [-0.1, -0.05) is 0 Å². The van der Waals surface area contributed by atoms with Crippen LogP contribution in [0.25, 0.3) is 10.9 Å². The standard InChI is InChI=1S/C12H10BrN5O2S/c13-11-5-17-12(6-16-11)18-21(19,20)10-4-15-9-3-7(14)1-2-8(9)10/h1-6,15H,14H2,(H,17,18). The second-order valence-corrected chi connectivity index (χ2v) is 6.75. The number of nitrogens with one attached hydrogen (secondary N) is 2. The number of nitrogens with two attached hydrogens (primary N) is 1. The van der Waals surface area contributed by atoms with Crippen molar-refractivity contribution in [3.8, 4) is 0 Å². The highest BCUT2D eigenvalue weighted by Crippen LogP contribution is 2.25. The Kier molecular flexibility index (Phi) is 3.30. The lowest BCUT2D eigenvalue weighted by Gasteiger charge is -2.06. The first-order valence-electron chi connectivity index (χ1n) is 5.83. The van der Waals surface area contributed by atoms with E-state index in [1.807, 2.05) is 0 Å². The molecule has 0 fully saturated rings. The molecule has 0 radical (unpaired) electrons. The summed E-state index contributed by atoms with van der Waals surface area (Å²) in [5, 5.41) is 0.557. The molecule has 21 heavy (non-hydrogen) atoms. The normalized spacial score (nSPS) is 11.7. The molecule has 9 heteroatoms. The number of nitrogens with zero attached hydrogens (tertiary/aromatic N) is 2. The molecule has 108 valence electrons. The summed E-state index contributed by atoms with van der Waals surface area (Å²) in [6, 6.07) is 4.98. The first-order valence-corrected chi connectivity index (χ1v) is 8.10. The molecular weight excluding hydrogens is 358 g/mol. The van der Waals surface area contributed by atoms with Crippen LogP contribution in [0.1, 0.15) is 0 Å². The molecule has 0 bridgehead atoms. The van der Waals surface area contributed by atoms with Gasteiger partial charge < -0.3 is 10.7 Å². The molecule has 0 unspecified atom stereocenters. The van der Waals surface area contributed by atoms with Gasteiger partial charge in [0.15, 0.2) is 5.82 Å². The number of hydrogen-bond donors (Lipinski definition) is 3. The van der Waals surface area contributed by atoms with E-state index in [-0.39, 0.29) is 10.7 Å². The first-order chi connectivity index (χ1) is 9.95. The zero-order valence-corrected chi connectivity index (χ0v) is 12.9. The van der Waals surface area contributed by atoms with Gasteiger partial charge in [0.2, 0.25) is 0 Å². The van der Waals surface area contributed by atoms with Gasteiger partial charge in [-0.3, -0.25) is 4.72 Å². The molecule has 0 saturated heterocycles. The Morgan fingerprint density at radius 1 is 1.24 bits per heavy atom. The summed E-state index contributed by atoms with van der Waals surface area (Å²) >= 11 is 3.14. The van der Waals surface area contributed by atoms with E-state index < -0.39 is 10.0 Å². The quantitative estimate of drug-likeness (QED) is 0.613. The zero-order chi connectivity index (χ0) is 15.0. The lowest BCUT2D eigenvalue weighted by atomic mass is 10.2. The SMILES string of the molecule is Nc1ccc2c(S(=O)(=O)Nc3cnc(Br)cn3)c[nH]c2c1. The third-order valence-corrected chi connectivity index (χ3v) is 4.62. The number of rotatable bonds is 3. The summed E-state index contributed by atoms with van der Waals surface area (Å²) in [5.74, 6) is 0.142. The van der Waals surface area contributed by atoms with Crippen LogP contribution in [0.4, 0.5) is 11.5 Å². The number of fused-ring (bicyclic) bond motifs is 1. The molecule has 3 aromatic rings. The van der Waals surface area contributed by atoms with Crippen LogP contribution < -0.4 is 10.5 Å². The van der Waals surface area contributed by atoms with E-state index in [1.54, 1.807) is 18.2 Å². The van der Waals surface area contributed by atoms with Gasteiger partial charge in [0.25, 0.3) is 10.0 Å². The van der Waals surface area contributed by atoms with Gasteiger partial charge >= 0.3 is 0 Å². The number of halogens is 1. The van der Waals surface area contributed by atoms with Gasteiger partial charge in [-0.2, -0.15) is 0 Å². The summed E-state index contributed by atoms with van der Waals surface area (Å²) in [4.78, 5) is 10.9. The molecule has 0 aliphatic carbocycles. The number of hydrogen-bond acceptors (Lipinski definition) is 5. The predicted molar refractivity (Wildman–Crippen MR) is 83.3 cm³/mol. The van der Waals surface area contributed by atoms with Crippen molar-refractivity contribution >= 4 is 48.4 Å². The summed E-state index contributed by atoms with van der Waals surface area (Å²) in [6.45, 7) is 0. The highest BCUT2D eigenvalue weighted by Gasteiger charge is 2.19. The largest absolute Gasteiger partial charge is 0.399 e. The van der Waals surface area contributed by atoms with E-state index in [0.717, 1.165) is 0 Å². The lowest BCUT2D eigenvalue weighted by molar-refractivity contribution is 0.602. The van der Waals surface area contributed by atoms with E-state index >= 15 is 0 Å². The third kappa shape index (κ3) is 2.69. The maximum absolute atomic E-state index is 12.4. The predicted octanol–water partition coefficient (Wildman–Crippen LogP) is 2.10. The van der Waals surface area contributed by atoms with Crippen molar-refractivity contribution in [1.82, 2.24) is 15.0 Å². The lowest BCUT2D eigenvalue weighted by Crippen LogP contribution is -2.13. The van der Waals surface area contributed by atoms with Crippen LogP contribution in [0.5, 0.6) is 0 Å². The third-order valence-electron chi connectivity index (χ3n) is 2.82. The molecule has 0 atom stereocenters. The molecule has 0 amide bonds. The van der Waals surface area contributed by atoms with Crippen molar-refractivity contribution < 1.29 is 8.42 Å². The molecule has 2 heterocycles. The summed E-state index contributed by atoms with van der Waals surface area (Å²) < 4.78 is 27.7. The summed E-state index contributed by atoms with van der Waals surface area (Å²) in [7, 11) is -3.76. The van der Waals surface area contributed by atoms with E-state index in [4.69, 9.17) is 5.73 Å². The zero-order valence-electron chi connectivity index (χ0n) is 10.5. The average molecular weight is 368 g/mol. The van der Waals surface area contributed by atoms with Crippen LogP contribution in [-0.2, 0) is 10.0 Å². The van der Waals surface area contributed by atoms with Crippen molar-refractivity contribution in [3.63, 3.8) is 0 Å². The van der Waals surface area contributed by atoms with Crippen molar-refractivity contribution in [3.05, 3.63) is 41.4 Å². The van der Waals surface area contributed by atoms with Crippen LogP contribution in [-0.4, -0.2) is 23.4 Å². The van der Waals surface area contributed by atoms with Gasteiger partial charge in [0, 0.05) is 22.8 Å². The Morgan fingerprint density at radius 2 is 2.05 bits per heavy atom. The monoisotopic (exact) mass is 367 g/mol. The molecule has 0 spiro atoms. The minimum absolute atomic E-state index is 0.127. The Labute approximate surface area is 128 Å². The fourth-order valence-electron chi connectivity index (χ4n) is 1.90. The molecular formula is C12H10BrN5O2S. The fourth-order valence-corrected chi connectivity index (χ4v) is 3.27. The van der Waals surface area contributed by atoms with Gasteiger partial charge in [-0.25, -0.2) is 18.4 Å². The summed E-state index contributed by atoms with van der Waals surface area (Å²) in [5.41, 5.74) is 6.88. The molecule has 0 aliphatic heterocycles. The Balaban J connectivity index is 2.02. The second kappa shape index (κ2) is 5.01. The van der Waals surface area contributed by atoms with E-state index in [2.05, 4.69) is 35.6 Å². The average Bonchev–Trinajstić information content (AvgIpc) is 2.85. The van der Waals surface area contributed by atoms with Gasteiger partial charge in [-0.15, -0.1) is 0 Å². The number of aromatic nitrogens is 3. The molecule has 4 N–H and O–H groups in total. The maximum Gasteiger partial charge on any atom is 0.265 e. The van der Waals surface area contributed by atoms with Crippen molar-refractivity contribution in [2.24, 2.45) is 0 Å². The molecule has 0 saturated carbocycles. The molecule has 1 aromatic carbocycles. The number of aromatic amines is 1. The molecule has 0 aliphatic rings. The molecule has 3 rings (SSSR count). The smallest absolute Gasteiger partial charge is 0.265 e. The van der Waals surface area contributed by atoms with E-state index in [9.17, 15) is 8.42 Å². The minimum atomic E-state index is -3.76. The number of anilines is 2. The summed E-state index contributed by atoms with van der Waals surface area (Å²) in [6.07, 6.45) is 4.15. The first kappa shape index (κ1) is 13.8. The van der Waals surface area contributed by atoms with Crippen molar-refractivity contribution in [2.45, 2.75) is 4.90 Å². The van der Waals surface area contributed by atoms with Crippen LogP contribution in [0.3, 0.4) is 0 Å². The number of H-pyrrole nitrogens is 1. The Hall–Kier alpha value is -2.13. The Bertz CT molecular complexity index is 905. The fraction of sp³-hybridized carbons (Fsp3) is 0. The highest BCUT2D eigenvalue weighted by atomic mass is 79.9. The van der Waals surface area contributed by atoms with Gasteiger partial charge in [-0.05, 0) is 34.1 Å².